The van der Waals surface area contributed by atoms with Crippen molar-refractivity contribution in [2.75, 3.05) is 0 Å². The second-order valence-electron chi connectivity index (χ2n) is 5.11. The summed E-state index contributed by atoms with van der Waals surface area (Å²) in [6.07, 6.45) is 7.92. The maximum atomic E-state index is 4.14. The van der Waals surface area contributed by atoms with Crippen molar-refractivity contribution < 1.29 is 0 Å². The third kappa shape index (κ3) is 3.09. The molecule has 1 aliphatic rings. The Morgan fingerprint density at radius 2 is 1.94 bits per heavy atom. The summed E-state index contributed by atoms with van der Waals surface area (Å²) in [5, 5.41) is 7.90. The summed E-state index contributed by atoms with van der Waals surface area (Å²) >= 11 is 0. The predicted octanol–water partition coefficient (Wildman–Crippen LogP) is 5.40. The minimum atomic E-state index is 0.550. The molecule has 3 nitrogen and oxygen atoms in total. The van der Waals surface area contributed by atoms with Crippen LogP contribution in [0.3, 0.4) is 0 Å². The van der Waals surface area contributed by atoms with Gasteiger partial charge in [-0.2, -0.15) is 0 Å². The third-order valence-corrected chi connectivity index (χ3v) is 3.61. The Bertz CT molecular complexity index is 412. The van der Waals surface area contributed by atoms with Crippen LogP contribution in [0.15, 0.2) is 28.5 Å². The van der Waals surface area contributed by atoms with E-state index in [2.05, 4.69) is 41.7 Å². The monoisotopic (exact) mass is 244 g/mol. The third-order valence-electron chi connectivity index (χ3n) is 3.61. The molecule has 18 heavy (non-hydrogen) atoms. The normalized spacial score (nSPS) is 14.3. The minimum Gasteiger partial charge on any atom is -0.128 e. The molecule has 0 saturated heterocycles. The predicted molar refractivity (Wildman–Crippen MR) is 74.5 cm³/mol. The molecule has 1 heterocycles. The van der Waals surface area contributed by atoms with Crippen molar-refractivity contribution in [1.29, 1.82) is 0 Å². The summed E-state index contributed by atoms with van der Waals surface area (Å²) in [7, 11) is 0. The molecule has 0 bridgehead atoms. The SMILES string of the molecule is CCCCCCCC(C)c1cccc2c1N=N[N]2. The van der Waals surface area contributed by atoms with E-state index < -0.39 is 0 Å². The van der Waals surface area contributed by atoms with E-state index in [4.69, 9.17) is 0 Å². The van der Waals surface area contributed by atoms with E-state index in [0.29, 0.717) is 5.92 Å². The molecule has 0 spiro atoms. The Labute approximate surface area is 110 Å². The van der Waals surface area contributed by atoms with Crippen LogP contribution in [0, 0.1) is 0 Å². The summed E-state index contributed by atoms with van der Waals surface area (Å²) in [5.74, 6) is 0.550. The summed E-state index contributed by atoms with van der Waals surface area (Å²) < 4.78 is 0. The lowest BCUT2D eigenvalue weighted by atomic mass is 9.93. The van der Waals surface area contributed by atoms with E-state index in [9.17, 15) is 0 Å². The Morgan fingerprint density at radius 1 is 1.11 bits per heavy atom. The topological polar surface area (TPSA) is 38.8 Å². The molecule has 0 saturated carbocycles. The summed E-state index contributed by atoms with van der Waals surface area (Å²) in [4.78, 5) is 0. The second kappa shape index (κ2) is 6.53. The van der Waals surface area contributed by atoms with Gasteiger partial charge in [0.1, 0.15) is 11.4 Å². The van der Waals surface area contributed by atoms with Crippen molar-refractivity contribution in [3.05, 3.63) is 23.8 Å². The number of fused-ring (bicyclic) bond motifs is 1. The molecule has 0 fully saturated rings. The van der Waals surface area contributed by atoms with Crippen LogP contribution in [0.4, 0.5) is 11.4 Å². The molecule has 2 rings (SSSR count). The number of unbranched alkanes of at least 4 members (excludes halogenated alkanes) is 4. The summed E-state index contributed by atoms with van der Waals surface area (Å²) in [6.45, 7) is 4.54. The molecule has 1 aromatic carbocycles. The van der Waals surface area contributed by atoms with Gasteiger partial charge in [-0.15, -0.1) is 10.5 Å². The molecule has 0 aromatic heterocycles. The first kappa shape index (κ1) is 13.1. The lowest BCUT2D eigenvalue weighted by Gasteiger charge is -2.13. The summed E-state index contributed by atoms with van der Waals surface area (Å²) in [5.41, 5.74) is 7.23. The van der Waals surface area contributed by atoms with Gasteiger partial charge in [0.15, 0.2) is 0 Å². The van der Waals surface area contributed by atoms with Gasteiger partial charge in [-0.1, -0.05) is 58.1 Å². The first-order valence-electron chi connectivity index (χ1n) is 7.07. The van der Waals surface area contributed by atoms with Gasteiger partial charge in [-0.05, 0) is 29.2 Å². The van der Waals surface area contributed by atoms with E-state index in [1.165, 1.54) is 44.1 Å². The number of nitrogens with zero attached hydrogens (tertiary/aromatic N) is 3. The molecule has 97 valence electrons. The molecule has 1 unspecified atom stereocenters. The molecule has 3 heteroatoms. The fraction of sp³-hybridized carbons (Fsp3) is 0.600. The maximum absolute atomic E-state index is 4.14. The fourth-order valence-corrected chi connectivity index (χ4v) is 2.46. The highest BCUT2D eigenvalue weighted by Crippen LogP contribution is 2.39. The molecular weight excluding hydrogens is 222 g/mol. The zero-order valence-corrected chi connectivity index (χ0v) is 11.4. The first-order chi connectivity index (χ1) is 8.83. The van der Waals surface area contributed by atoms with Crippen LogP contribution in [0.2, 0.25) is 0 Å². The average molecular weight is 244 g/mol. The smallest absolute Gasteiger partial charge is 0.119 e. The van der Waals surface area contributed by atoms with Crippen LogP contribution < -0.4 is 5.43 Å². The van der Waals surface area contributed by atoms with E-state index >= 15 is 0 Å². The van der Waals surface area contributed by atoms with Crippen molar-refractivity contribution in [2.24, 2.45) is 10.3 Å². The Kier molecular flexibility index (Phi) is 4.73. The number of hydrogen-bond acceptors (Lipinski definition) is 2. The van der Waals surface area contributed by atoms with E-state index in [1.807, 2.05) is 6.07 Å². The molecule has 0 amide bonds. The van der Waals surface area contributed by atoms with E-state index in [-0.39, 0.29) is 0 Å². The molecule has 0 N–H and O–H groups in total. The van der Waals surface area contributed by atoms with E-state index in [0.717, 1.165) is 11.4 Å². The quantitative estimate of drug-likeness (QED) is 0.576. The highest BCUT2D eigenvalue weighted by Gasteiger charge is 2.17. The fourth-order valence-electron chi connectivity index (χ4n) is 2.46. The Morgan fingerprint density at radius 3 is 2.78 bits per heavy atom. The molecule has 0 aliphatic carbocycles. The molecule has 1 radical (unpaired) electrons. The van der Waals surface area contributed by atoms with Gasteiger partial charge >= 0.3 is 0 Å². The molecule has 1 aliphatic heterocycles. The Balaban J connectivity index is 1.87. The van der Waals surface area contributed by atoms with Crippen molar-refractivity contribution in [2.45, 2.75) is 58.3 Å². The highest BCUT2D eigenvalue weighted by atomic mass is 15.5. The number of hydrogen-bond donors (Lipinski definition) is 0. The van der Waals surface area contributed by atoms with Gasteiger partial charge in [0.25, 0.3) is 0 Å². The van der Waals surface area contributed by atoms with Gasteiger partial charge in [0.05, 0.1) is 0 Å². The Hall–Kier alpha value is -1.38. The number of rotatable bonds is 7. The average Bonchev–Trinajstić information content (AvgIpc) is 2.86. The second-order valence-corrected chi connectivity index (χ2v) is 5.11. The zero-order chi connectivity index (χ0) is 12.8. The lowest BCUT2D eigenvalue weighted by molar-refractivity contribution is 0.567. The highest BCUT2D eigenvalue weighted by molar-refractivity contribution is 5.67. The molecule has 1 aromatic rings. The zero-order valence-electron chi connectivity index (χ0n) is 11.4. The van der Waals surface area contributed by atoms with Crippen molar-refractivity contribution in [1.82, 2.24) is 5.43 Å². The van der Waals surface area contributed by atoms with Crippen LogP contribution >= 0.6 is 0 Å². The lowest BCUT2D eigenvalue weighted by Crippen LogP contribution is -1.95. The number of benzene rings is 1. The molecule has 1 atom stereocenters. The summed E-state index contributed by atoms with van der Waals surface area (Å²) in [6, 6.07) is 6.20. The van der Waals surface area contributed by atoms with Gasteiger partial charge < -0.3 is 0 Å². The minimum absolute atomic E-state index is 0.550. The van der Waals surface area contributed by atoms with Crippen LogP contribution in [0.5, 0.6) is 0 Å². The van der Waals surface area contributed by atoms with Gasteiger partial charge in [-0.25, -0.2) is 0 Å². The van der Waals surface area contributed by atoms with Crippen molar-refractivity contribution in [3.63, 3.8) is 0 Å². The van der Waals surface area contributed by atoms with Gasteiger partial charge in [-0.3, -0.25) is 0 Å². The standard InChI is InChI=1S/C15H22N3/c1-3-4-5-6-7-9-12(2)13-10-8-11-14-15(13)17-18-16-14/h8,10-12H,3-7,9H2,1-2H3. The van der Waals surface area contributed by atoms with Crippen LogP contribution in [0.25, 0.3) is 0 Å². The maximum Gasteiger partial charge on any atom is 0.119 e. The van der Waals surface area contributed by atoms with Crippen LogP contribution in [-0.4, -0.2) is 0 Å². The van der Waals surface area contributed by atoms with Crippen molar-refractivity contribution in [3.8, 4) is 0 Å². The van der Waals surface area contributed by atoms with Gasteiger partial charge in [0.2, 0.25) is 0 Å². The first-order valence-corrected chi connectivity index (χ1v) is 7.07. The van der Waals surface area contributed by atoms with Crippen molar-refractivity contribution >= 4 is 11.4 Å². The van der Waals surface area contributed by atoms with Crippen LogP contribution in [-0.2, 0) is 0 Å². The van der Waals surface area contributed by atoms with Crippen LogP contribution in [0.1, 0.15) is 63.9 Å². The molecular formula is C15H22N3. The largest absolute Gasteiger partial charge is 0.128 e. The van der Waals surface area contributed by atoms with E-state index in [1.54, 1.807) is 0 Å². The van der Waals surface area contributed by atoms with Gasteiger partial charge in [0, 0.05) is 0 Å².